The number of imide groups is 1. The van der Waals surface area contributed by atoms with Crippen LogP contribution in [-0.2, 0) is 9.59 Å². The van der Waals surface area contributed by atoms with Gasteiger partial charge in [0.25, 0.3) is 5.91 Å². The minimum Gasteiger partial charge on any atom is -0.339 e. The van der Waals surface area contributed by atoms with E-state index in [0.29, 0.717) is 41.7 Å². The van der Waals surface area contributed by atoms with E-state index in [0.717, 1.165) is 17.7 Å². The van der Waals surface area contributed by atoms with Crippen molar-refractivity contribution in [2.24, 2.45) is 5.92 Å². The highest BCUT2D eigenvalue weighted by atomic mass is 16.5. The Hall–Kier alpha value is -3.23. The number of nitrogens with one attached hydrogen (secondary N) is 2. The molecule has 29 heavy (non-hydrogen) atoms. The largest absolute Gasteiger partial charge is 0.339 e. The maximum atomic E-state index is 12.9. The van der Waals surface area contributed by atoms with Crippen LogP contribution in [0.1, 0.15) is 38.5 Å². The molecule has 0 radical (unpaired) electrons. The lowest BCUT2D eigenvalue weighted by atomic mass is 9.77. The zero-order valence-electron chi connectivity index (χ0n) is 16.4. The van der Waals surface area contributed by atoms with E-state index in [1.165, 1.54) is 0 Å². The molecule has 0 unspecified atom stereocenters. The number of urea groups is 1. The van der Waals surface area contributed by atoms with Gasteiger partial charge >= 0.3 is 6.03 Å². The second-order valence-corrected chi connectivity index (χ2v) is 7.82. The van der Waals surface area contributed by atoms with Crippen molar-refractivity contribution in [1.29, 1.82) is 0 Å². The van der Waals surface area contributed by atoms with Crippen LogP contribution in [0.4, 0.5) is 10.5 Å². The highest BCUT2D eigenvalue weighted by Crippen LogP contribution is 2.36. The maximum Gasteiger partial charge on any atom is 0.325 e. The summed E-state index contributed by atoms with van der Waals surface area (Å²) < 4.78 is 5.01. The lowest BCUT2D eigenvalue weighted by molar-refractivity contribution is -0.135. The van der Waals surface area contributed by atoms with Crippen molar-refractivity contribution in [3.8, 4) is 11.4 Å². The summed E-state index contributed by atoms with van der Waals surface area (Å²) in [5.41, 5.74) is 0.211. The number of carbonyl (C=O) groups excluding carboxylic acids is 3. The zero-order chi connectivity index (χ0) is 20.6. The molecule has 1 spiro atoms. The molecule has 1 saturated heterocycles. The highest BCUT2D eigenvalue weighted by Gasteiger charge is 2.52. The van der Waals surface area contributed by atoms with Crippen LogP contribution in [0.5, 0.6) is 0 Å². The monoisotopic (exact) mass is 397 g/mol. The Bertz CT molecular complexity index is 961. The van der Waals surface area contributed by atoms with Gasteiger partial charge in [-0.2, -0.15) is 4.98 Å². The van der Waals surface area contributed by atoms with E-state index < -0.39 is 17.5 Å². The second kappa shape index (κ2) is 7.31. The quantitative estimate of drug-likeness (QED) is 0.766. The van der Waals surface area contributed by atoms with E-state index in [1.54, 1.807) is 31.2 Å². The second-order valence-electron chi connectivity index (χ2n) is 7.82. The summed E-state index contributed by atoms with van der Waals surface area (Å²) in [7, 11) is 0. The minimum absolute atomic E-state index is 0.313. The third kappa shape index (κ3) is 3.59. The number of rotatable bonds is 4. The predicted octanol–water partition coefficient (Wildman–Crippen LogP) is 2.48. The molecule has 9 nitrogen and oxygen atoms in total. The lowest BCUT2D eigenvalue weighted by Gasteiger charge is -2.33. The van der Waals surface area contributed by atoms with Gasteiger partial charge in [0.1, 0.15) is 12.1 Å². The number of nitrogens with zero attached hydrogens (tertiary/aromatic N) is 3. The summed E-state index contributed by atoms with van der Waals surface area (Å²) in [4.78, 5) is 43.1. The number of amides is 4. The summed E-state index contributed by atoms with van der Waals surface area (Å²) in [6.45, 7) is 3.47. The molecule has 2 aliphatic rings. The molecule has 4 amide bonds. The fraction of sp³-hybridized carbons (Fsp3) is 0.450. The Morgan fingerprint density at radius 1 is 1.31 bits per heavy atom. The van der Waals surface area contributed by atoms with Gasteiger partial charge in [0.2, 0.25) is 17.6 Å². The number of anilines is 1. The van der Waals surface area contributed by atoms with Crippen molar-refractivity contribution in [2.75, 3.05) is 11.9 Å². The van der Waals surface area contributed by atoms with Crippen molar-refractivity contribution < 1.29 is 18.9 Å². The van der Waals surface area contributed by atoms with Crippen LogP contribution in [0.15, 0.2) is 28.8 Å². The average molecular weight is 397 g/mol. The molecule has 0 atom stereocenters. The smallest absolute Gasteiger partial charge is 0.325 e. The summed E-state index contributed by atoms with van der Waals surface area (Å²) in [6, 6.07) is 6.50. The van der Waals surface area contributed by atoms with Gasteiger partial charge in [-0.15, -0.1) is 0 Å². The third-order valence-corrected chi connectivity index (χ3v) is 5.65. The molecule has 1 saturated carbocycles. The standard InChI is InChI=1S/C20H23N5O4/c1-12-7-9-20(10-8-12)18(27)25(19(28)23-20)11-16(26)22-15-6-4-3-5-14(15)17-21-13(2)29-24-17/h3-6,12H,7-11H2,1-2H3,(H,22,26)(H,23,28). The summed E-state index contributed by atoms with van der Waals surface area (Å²) in [6.07, 6.45) is 2.97. The number of para-hydroxylation sites is 1. The Morgan fingerprint density at radius 2 is 2.03 bits per heavy atom. The molecule has 2 heterocycles. The molecular weight excluding hydrogens is 374 g/mol. The number of hydrogen-bond acceptors (Lipinski definition) is 6. The van der Waals surface area contributed by atoms with Gasteiger partial charge in [-0.25, -0.2) is 4.79 Å². The van der Waals surface area contributed by atoms with Crippen LogP contribution in [0.3, 0.4) is 0 Å². The first-order valence-corrected chi connectivity index (χ1v) is 9.72. The summed E-state index contributed by atoms with van der Waals surface area (Å²) in [5.74, 6) is 0.512. The average Bonchev–Trinajstić information content (AvgIpc) is 3.22. The predicted molar refractivity (Wildman–Crippen MR) is 104 cm³/mol. The van der Waals surface area contributed by atoms with Crippen LogP contribution in [-0.4, -0.2) is 45.0 Å². The molecule has 2 N–H and O–H groups in total. The molecule has 9 heteroatoms. The fourth-order valence-corrected chi connectivity index (χ4v) is 3.94. The number of benzene rings is 1. The van der Waals surface area contributed by atoms with Crippen molar-refractivity contribution >= 4 is 23.5 Å². The van der Waals surface area contributed by atoms with Gasteiger partial charge < -0.3 is 15.2 Å². The van der Waals surface area contributed by atoms with Crippen molar-refractivity contribution in [3.05, 3.63) is 30.2 Å². The zero-order valence-corrected chi connectivity index (χ0v) is 16.4. The maximum absolute atomic E-state index is 12.9. The van der Waals surface area contributed by atoms with E-state index in [-0.39, 0.29) is 12.5 Å². The van der Waals surface area contributed by atoms with E-state index in [9.17, 15) is 14.4 Å². The lowest BCUT2D eigenvalue weighted by Crippen LogP contribution is -2.49. The van der Waals surface area contributed by atoms with Crippen LogP contribution in [0, 0.1) is 12.8 Å². The van der Waals surface area contributed by atoms with E-state index in [4.69, 9.17) is 4.52 Å². The number of hydrogen-bond donors (Lipinski definition) is 2. The third-order valence-electron chi connectivity index (χ3n) is 5.65. The summed E-state index contributed by atoms with van der Waals surface area (Å²) >= 11 is 0. The number of aryl methyl sites for hydroxylation is 1. The first kappa shape index (κ1) is 19.1. The molecular formula is C20H23N5O4. The van der Waals surface area contributed by atoms with Crippen molar-refractivity contribution in [3.63, 3.8) is 0 Å². The van der Waals surface area contributed by atoms with Gasteiger partial charge in [-0.3, -0.25) is 14.5 Å². The Morgan fingerprint density at radius 3 is 2.72 bits per heavy atom. The Balaban J connectivity index is 1.47. The van der Waals surface area contributed by atoms with Gasteiger partial charge in [-0.1, -0.05) is 24.2 Å². The highest BCUT2D eigenvalue weighted by molar-refractivity contribution is 6.10. The van der Waals surface area contributed by atoms with Crippen LogP contribution < -0.4 is 10.6 Å². The van der Waals surface area contributed by atoms with Gasteiger partial charge in [0, 0.05) is 12.5 Å². The van der Waals surface area contributed by atoms with Crippen LogP contribution in [0.2, 0.25) is 0 Å². The molecule has 1 aromatic heterocycles. The van der Waals surface area contributed by atoms with E-state index in [1.807, 2.05) is 0 Å². The molecule has 152 valence electrons. The summed E-state index contributed by atoms with van der Waals surface area (Å²) in [5, 5.41) is 9.45. The van der Waals surface area contributed by atoms with Crippen LogP contribution in [0.25, 0.3) is 11.4 Å². The molecule has 1 aromatic carbocycles. The van der Waals surface area contributed by atoms with Gasteiger partial charge in [0.15, 0.2) is 0 Å². The van der Waals surface area contributed by atoms with Crippen molar-refractivity contribution in [1.82, 2.24) is 20.4 Å². The van der Waals surface area contributed by atoms with E-state index >= 15 is 0 Å². The molecule has 1 aliphatic heterocycles. The van der Waals surface area contributed by atoms with Crippen molar-refractivity contribution in [2.45, 2.75) is 45.1 Å². The molecule has 0 bridgehead atoms. The van der Waals surface area contributed by atoms with Gasteiger partial charge in [0.05, 0.1) is 5.69 Å². The first-order valence-electron chi connectivity index (χ1n) is 9.72. The topological polar surface area (TPSA) is 117 Å². The van der Waals surface area contributed by atoms with Gasteiger partial charge in [-0.05, 0) is 43.7 Å². The molecule has 1 aliphatic carbocycles. The minimum atomic E-state index is -0.857. The van der Waals surface area contributed by atoms with E-state index in [2.05, 4.69) is 27.7 Å². The molecule has 2 fully saturated rings. The molecule has 2 aromatic rings. The first-order chi connectivity index (χ1) is 13.9. The SMILES string of the molecule is Cc1nc(-c2ccccc2NC(=O)CN2C(=O)NC3(CCC(C)CC3)C2=O)no1. The van der Waals surface area contributed by atoms with Crippen LogP contribution >= 0.6 is 0 Å². The normalized spacial score (nSPS) is 24.1. The number of carbonyl (C=O) groups is 3. The fourth-order valence-electron chi connectivity index (χ4n) is 3.94. The Kier molecular flexibility index (Phi) is 4.81. The number of aromatic nitrogens is 2. The Labute approximate surface area is 167 Å². The molecule has 4 rings (SSSR count).